The molecule has 0 atom stereocenters. The Bertz CT molecular complexity index is 612. The molecule has 0 spiro atoms. The third kappa shape index (κ3) is 2.35. The van der Waals surface area contributed by atoms with Gasteiger partial charge in [-0.25, -0.2) is 9.78 Å². The minimum absolute atomic E-state index is 0.0300. The number of carbonyl (C=O) groups excluding carboxylic acids is 1. The molecule has 2 aromatic rings. The molecular formula is C11H7FN2O3S. The van der Waals surface area contributed by atoms with Crippen LogP contribution < -0.4 is 5.32 Å². The average Bonchev–Trinajstić information content (AvgIpc) is 2.77. The lowest BCUT2D eigenvalue weighted by Gasteiger charge is -2.04. The third-order valence-corrected chi connectivity index (χ3v) is 2.96. The third-order valence-electron chi connectivity index (χ3n) is 2.13. The van der Waals surface area contributed by atoms with Crippen LogP contribution in [0.1, 0.15) is 20.7 Å². The quantitative estimate of drug-likeness (QED) is 0.835. The Labute approximate surface area is 105 Å². The number of rotatable bonds is 3. The topological polar surface area (TPSA) is 79.3 Å². The highest BCUT2D eigenvalue weighted by Crippen LogP contribution is 2.23. The van der Waals surface area contributed by atoms with Crippen molar-refractivity contribution in [1.29, 1.82) is 0 Å². The van der Waals surface area contributed by atoms with Crippen molar-refractivity contribution in [2.24, 2.45) is 0 Å². The standard InChI is InChI=1S/C11H7FN2O3S/c12-8-6(2-1-4-13-8)9(15)14-10-7(11(16)17)3-5-18-10/h1-5H,(H,14,15)(H,16,17). The van der Waals surface area contributed by atoms with E-state index in [2.05, 4.69) is 10.3 Å². The summed E-state index contributed by atoms with van der Waals surface area (Å²) in [6.45, 7) is 0. The highest BCUT2D eigenvalue weighted by molar-refractivity contribution is 7.14. The number of thiophene rings is 1. The Hall–Kier alpha value is -2.28. The first-order valence-corrected chi connectivity index (χ1v) is 5.70. The summed E-state index contributed by atoms with van der Waals surface area (Å²) >= 11 is 1.05. The van der Waals surface area contributed by atoms with Crippen molar-refractivity contribution in [2.45, 2.75) is 0 Å². The first-order chi connectivity index (χ1) is 8.59. The van der Waals surface area contributed by atoms with Crippen molar-refractivity contribution in [2.75, 3.05) is 5.32 Å². The van der Waals surface area contributed by atoms with Crippen molar-refractivity contribution in [1.82, 2.24) is 4.98 Å². The molecule has 0 aliphatic heterocycles. The smallest absolute Gasteiger partial charge is 0.338 e. The van der Waals surface area contributed by atoms with E-state index in [0.29, 0.717) is 0 Å². The molecule has 0 aliphatic carbocycles. The number of aromatic carboxylic acids is 1. The average molecular weight is 266 g/mol. The molecule has 0 bridgehead atoms. The minimum Gasteiger partial charge on any atom is -0.478 e. The van der Waals surface area contributed by atoms with Crippen LogP contribution in [0.4, 0.5) is 9.39 Å². The number of nitrogens with zero attached hydrogens (tertiary/aromatic N) is 1. The summed E-state index contributed by atoms with van der Waals surface area (Å²) in [5.74, 6) is -2.79. The summed E-state index contributed by atoms with van der Waals surface area (Å²) < 4.78 is 13.2. The predicted octanol–water partition coefficient (Wildman–Crippen LogP) is 2.23. The molecule has 18 heavy (non-hydrogen) atoms. The van der Waals surface area contributed by atoms with Crippen LogP contribution in [-0.2, 0) is 0 Å². The Morgan fingerprint density at radius 3 is 2.78 bits per heavy atom. The largest absolute Gasteiger partial charge is 0.478 e. The van der Waals surface area contributed by atoms with Gasteiger partial charge < -0.3 is 10.4 Å². The summed E-state index contributed by atoms with van der Waals surface area (Å²) in [7, 11) is 0. The number of aromatic nitrogens is 1. The molecule has 2 heterocycles. The first kappa shape index (κ1) is 12.2. The van der Waals surface area contributed by atoms with E-state index in [1.165, 1.54) is 29.8 Å². The van der Waals surface area contributed by atoms with E-state index in [0.717, 1.165) is 11.3 Å². The fraction of sp³-hybridized carbons (Fsp3) is 0. The van der Waals surface area contributed by atoms with Crippen LogP contribution in [0, 0.1) is 5.95 Å². The number of amides is 1. The molecule has 1 amide bonds. The molecule has 7 heteroatoms. The second kappa shape index (κ2) is 4.92. The molecule has 0 aliphatic rings. The normalized spacial score (nSPS) is 10.1. The zero-order valence-electron chi connectivity index (χ0n) is 8.88. The van der Waals surface area contributed by atoms with Gasteiger partial charge in [-0.2, -0.15) is 4.39 Å². The number of carbonyl (C=O) groups is 2. The SMILES string of the molecule is O=C(Nc1sccc1C(=O)O)c1cccnc1F. The lowest BCUT2D eigenvalue weighted by atomic mass is 10.2. The minimum atomic E-state index is -1.15. The van der Waals surface area contributed by atoms with Gasteiger partial charge in [0.15, 0.2) is 0 Å². The lowest BCUT2D eigenvalue weighted by Crippen LogP contribution is -2.15. The van der Waals surface area contributed by atoms with Gasteiger partial charge in [-0.15, -0.1) is 11.3 Å². The van der Waals surface area contributed by atoms with E-state index in [-0.39, 0.29) is 16.1 Å². The highest BCUT2D eigenvalue weighted by atomic mass is 32.1. The number of nitrogens with one attached hydrogen (secondary N) is 1. The van der Waals surface area contributed by atoms with Crippen molar-refractivity contribution in [3.05, 3.63) is 46.9 Å². The second-order valence-electron chi connectivity index (χ2n) is 3.26. The molecular weight excluding hydrogens is 259 g/mol. The van der Waals surface area contributed by atoms with Gasteiger partial charge in [0, 0.05) is 6.20 Å². The number of anilines is 1. The monoisotopic (exact) mass is 266 g/mol. The molecule has 92 valence electrons. The molecule has 2 aromatic heterocycles. The highest BCUT2D eigenvalue weighted by Gasteiger charge is 2.17. The first-order valence-electron chi connectivity index (χ1n) is 4.82. The molecule has 2 N–H and O–H groups in total. The molecule has 0 aromatic carbocycles. The van der Waals surface area contributed by atoms with E-state index in [4.69, 9.17) is 5.11 Å². The van der Waals surface area contributed by atoms with Crippen LogP contribution >= 0.6 is 11.3 Å². The van der Waals surface area contributed by atoms with Crippen molar-refractivity contribution < 1.29 is 19.1 Å². The molecule has 0 saturated carbocycles. The lowest BCUT2D eigenvalue weighted by molar-refractivity contribution is 0.0698. The van der Waals surface area contributed by atoms with E-state index < -0.39 is 17.8 Å². The number of hydrogen-bond donors (Lipinski definition) is 2. The molecule has 0 unspecified atom stereocenters. The van der Waals surface area contributed by atoms with E-state index in [1.807, 2.05) is 0 Å². The Kier molecular flexibility index (Phi) is 3.33. The number of pyridine rings is 1. The van der Waals surface area contributed by atoms with Gasteiger partial charge in [0.1, 0.15) is 5.00 Å². The Morgan fingerprint density at radius 1 is 1.33 bits per heavy atom. The molecule has 0 fully saturated rings. The fourth-order valence-corrected chi connectivity index (χ4v) is 2.07. The Balaban J connectivity index is 2.25. The van der Waals surface area contributed by atoms with Gasteiger partial charge >= 0.3 is 5.97 Å². The van der Waals surface area contributed by atoms with Crippen LogP contribution in [-0.4, -0.2) is 22.0 Å². The fourth-order valence-electron chi connectivity index (χ4n) is 1.30. The van der Waals surface area contributed by atoms with E-state index in [9.17, 15) is 14.0 Å². The summed E-state index contributed by atoms with van der Waals surface area (Å²) in [5, 5.41) is 12.9. The maximum absolute atomic E-state index is 13.2. The summed E-state index contributed by atoms with van der Waals surface area (Å²) in [6, 6.07) is 4.05. The zero-order valence-corrected chi connectivity index (χ0v) is 9.70. The number of carboxylic acid groups (broad SMARTS) is 1. The van der Waals surface area contributed by atoms with Crippen molar-refractivity contribution in [3.63, 3.8) is 0 Å². The van der Waals surface area contributed by atoms with Crippen molar-refractivity contribution in [3.8, 4) is 0 Å². The van der Waals surface area contributed by atoms with Crippen LogP contribution in [0.15, 0.2) is 29.8 Å². The van der Waals surface area contributed by atoms with Crippen LogP contribution in [0.25, 0.3) is 0 Å². The molecule has 0 saturated heterocycles. The maximum atomic E-state index is 13.2. The van der Waals surface area contributed by atoms with Gasteiger partial charge in [-0.3, -0.25) is 4.79 Å². The van der Waals surface area contributed by atoms with Crippen LogP contribution in [0.2, 0.25) is 0 Å². The van der Waals surface area contributed by atoms with Crippen LogP contribution in [0.3, 0.4) is 0 Å². The number of halogens is 1. The number of hydrogen-bond acceptors (Lipinski definition) is 4. The Morgan fingerprint density at radius 2 is 2.11 bits per heavy atom. The van der Waals surface area contributed by atoms with Gasteiger partial charge in [0.05, 0.1) is 11.1 Å². The molecule has 5 nitrogen and oxygen atoms in total. The van der Waals surface area contributed by atoms with E-state index >= 15 is 0 Å². The van der Waals surface area contributed by atoms with Crippen molar-refractivity contribution >= 4 is 28.2 Å². The second-order valence-corrected chi connectivity index (χ2v) is 4.18. The summed E-state index contributed by atoms with van der Waals surface area (Å²) in [4.78, 5) is 25.9. The molecule has 0 radical (unpaired) electrons. The maximum Gasteiger partial charge on any atom is 0.338 e. The summed E-state index contributed by atoms with van der Waals surface area (Å²) in [6.07, 6.45) is 1.22. The predicted molar refractivity (Wildman–Crippen MR) is 63.4 cm³/mol. The molecule has 2 rings (SSSR count). The van der Waals surface area contributed by atoms with Gasteiger partial charge in [-0.1, -0.05) is 0 Å². The summed E-state index contributed by atoms with van der Waals surface area (Å²) in [5.41, 5.74) is -0.264. The van der Waals surface area contributed by atoms with Gasteiger partial charge in [-0.05, 0) is 23.6 Å². The zero-order chi connectivity index (χ0) is 13.1. The number of carboxylic acids is 1. The van der Waals surface area contributed by atoms with Gasteiger partial charge in [0.2, 0.25) is 5.95 Å². The van der Waals surface area contributed by atoms with Gasteiger partial charge in [0.25, 0.3) is 5.91 Å². The van der Waals surface area contributed by atoms with E-state index in [1.54, 1.807) is 0 Å². The van der Waals surface area contributed by atoms with Crippen LogP contribution in [0.5, 0.6) is 0 Å².